The number of imidazole rings is 1. The summed E-state index contributed by atoms with van der Waals surface area (Å²) >= 11 is 1.73. The van der Waals surface area contributed by atoms with E-state index in [4.69, 9.17) is 0 Å². The second-order valence-electron chi connectivity index (χ2n) is 3.27. The van der Waals surface area contributed by atoms with Gasteiger partial charge in [-0.3, -0.25) is 0 Å². The van der Waals surface area contributed by atoms with Crippen LogP contribution in [0.25, 0.3) is 0 Å². The number of hydrogen-bond acceptors (Lipinski definition) is 4. The van der Waals surface area contributed by atoms with E-state index >= 15 is 0 Å². The second-order valence-corrected chi connectivity index (χ2v) is 4.21. The molecule has 0 aromatic carbocycles. The van der Waals surface area contributed by atoms with Gasteiger partial charge >= 0.3 is 0 Å². The molecule has 80 valence electrons. The minimum absolute atomic E-state index is 0.805. The van der Waals surface area contributed by atoms with E-state index in [1.54, 1.807) is 17.7 Å². The average Bonchev–Trinajstić information content (AvgIpc) is 2.88. The van der Waals surface area contributed by atoms with Crippen molar-refractivity contribution < 1.29 is 0 Å². The minimum atomic E-state index is 0.805. The first kappa shape index (κ1) is 10.3. The molecule has 0 saturated carbocycles. The second kappa shape index (κ2) is 5.04. The van der Waals surface area contributed by atoms with Crippen LogP contribution in [0.3, 0.4) is 0 Å². The molecule has 2 aromatic heterocycles. The fourth-order valence-electron chi connectivity index (χ4n) is 1.30. The SMILES string of the molecule is CCc1nc(CNCc2cnc[nH]2)cs1. The Labute approximate surface area is 92.8 Å². The van der Waals surface area contributed by atoms with Gasteiger partial charge in [-0.25, -0.2) is 9.97 Å². The van der Waals surface area contributed by atoms with Gasteiger partial charge in [-0.05, 0) is 6.42 Å². The first-order valence-corrected chi connectivity index (χ1v) is 5.87. The summed E-state index contributed by atoms with van der Waals surface area (Å²) in [4.78, 5) is 11.5. The van der Waals surface area contributed by atoms with Crippen LogP contribution in [0.4, 0.5) is 0 Å². The first-order valence-electron chi connectivity index (χ1n) is 4.99. The molecule has 0 bridgehead atoms. The normalized spacial score (nSPS) is 10.7. The summed E-state index contributed by atoms with van der Waals surface area (Å²) in [5.41, 5.74) is 2.22. The number of thiazole rings is 1. The van der Waals surface area contributed by atoms with Gasteiger partial charge in [-0.15, -0.1) is 11.3 Å². The molecule has 2 heterocycles. The van der Waals surface area contributed by atoms with Crippen LogP contribution in [-0.2, 0) is 19.5 Å². The van der Waals surface area contributed by atoms with Crippen molar-refractivity contribution in [3.05, 3.63) is 34.3 Å². The Balaban J connectivity index is 1.78. The molecule has 2 aromatic rings. The maximum atomic E-state index is 4.48. The van der Waals surface area contributed by atoms with Crippen LogP contribution in [0.15, 0.2) is 17.9 Å². The van der Waals surface area contributed by atoms with Crippen molar-refractivity contribution in [1.82, 2.24) is 20.3 Å². The van der Waals surface area contributed by atoms with Crippen molar-refractivity contribution in [3.8, 4) is 0 Å². The van der Waals surface area contributed by atoms with Crippen LogP contribution >= 0.6 is 11.3 Å². The molecule has 0 saturated heterocycles. The van der Waals surface area contributed by atoms with Gasteiger partial charge in [-0.1, -0.05) is 6.92 Å². The van der Waals surface area contributed by atoms with Gasteiger partial charge in [0.1, 0.15) is 0 Å². The van der Waals surface area contributed by atoms with Gasteiger partial charge in [0, 0.05) is 30.4 Å². The Bertz CT molecular complexity index is 393. The summed E-state index contributed by atoms with van der Waals surface area (Å²) in [6.45, 7) is 3.75. The highest BCUT2D eigenvalue weighted by Crippen LogP contribution is 2.09. The fraction of sp³-hybridized carbons (Fsp3) is 0.400. The average molecular weight is 222 g/mol. The summed E-state index contributed by atoms with van der Waals surface area (Å²) in [6.07, 6.45) is 4.53. The Morgan fingerprint density at radius 1 is 1.47 bits per heavy atom. The smallest absolute Gasteiger partial charge is 0.0926 e. The van der Waals surface area contributed by atoms with E-state index in [2.05, 4.69) is 32.6 Å². The van der Waals surface area contributed by atoms with Crippen molar-refractivity contribution in [3.63, 3.8) is 0 Å². The molecular formula is C10H14N4S. The van der Waals surface area contributed by atoms with Crippen molar-refractivity contribution >= 4 is 11.3 Å². The first-order chi connectivity index (χ1) is 7.38. The molecule has 0 aliphatic heterocycles. The topological polar surface area (TPSA) is 53.6 Å². The molecule has 0 aliphatic rings. The number of hydrogen-bond donors (Lipinski definition) is 2. The predicted octanol–water partition coefficient (Wildman–Crippen LogP) is 1.72. The number of rotatable bonds is 5. The molecule has 0 aliphatic carbocycles. The highest BCUT2D eigenvalue weighted by atomic mass is 32.1. The molecule has 0 unspecified atom stereocenters. The lowest BCUT2D eigenvalue weighted by molar-refractivity contribution is 0.671. The van der Waals surface area contributed by atoms with E-state index in [0.717, 1.165) is 30.9 Å². The molecule has 15 heavy (non-hydrogen) atoms. The maximum absolute atomic E-state index is 4.48. The largest absolute Gasteiger partial charge is 0.347 e. The van der Waals surface area contributed by atoms with Gasteiger partial charge in [0.15, 0.2) is 0 Å². The molecule has 2 rings (SSSR count). The van der Waals surface area contributed by atoms with Crippen LogP contribution in [0.1, 0.15) is 23.3 Å². The Morgan fingerprint density at radius 3 is 3.07 bits per heavy atom. The van der Waals surface area contributed by atoms with E-state index in [9.17, 15) is 0 Å². The Kier molecular flexibility index (Phi) is 3.47. The third kappa shape index (κ3) is 2.87. The molecule has 0 radical (unpaired) electrons. The lowest BCUT2D eigenvalue weighted by Gasteiger charge is -1.99. The zero-order valence-corrected chi connectivity index (χ0v) is 9.47. The van der Waals surface area contributed by atoms with E-state index in [1.807, 2.05) is 6.20 Å². The van der Waals surface area contributed by atoms with Crippen LogP contribution < -0.4 is 5.32 Å². The van der Waals surface area contributed by atoms with Gasteiger partial charge < -0.3 is 10.3 Å². The monoisotopic (exact) mass is 222 g/mol. The van der Waals surface area contributed by atoms with Crippen LogP contribution in [-0.4, -0.2) is 15.0 Å². The number of nitrogens with zero attached hydrogens (tertiary/aromatic N) is 2. The van der Waals surface area contributed by atoms with Crippen molar-refractivity contribution in [1.29, 1.82) is 0 Å². The number of H-pyrrole nitrogens is 1. The van der Waals surface area contributed by atoms with Crippen molar-refractivity contribution in [2.75, 3.05) is 0 Å². The maximum Gasteiger partial charge on any atom is 0.0926 e. The zero-order valence-electron chi connectivity index (χ0n) is 8.66. The molecule has 0 atom stereocenters. The van der Waals surface area contributed by atoms with E-state index < -0.39 is 0 Å². The van der Waals surface area contributed by atoms with Crippen LogP contribution in [0, 0.1) is 0 Å². The number of aryl methyl sites for hydroxylation is 1. The molecule has 0 spiro atoms. The van der Waals surface area contributed by atoms with Gasteiger partial charge in [-0.2, -0.15) is 0 Å². The zero-order chi connectivity index (χ0) is 10.5. The summed E-state index contributed by atoms with van der Waals surface area (Å²) in [5, 5.41) is 6.63. The third-order valence-electron chi connectivity index (χ3n) is 2.08. The Morgan fingerprint density at radius 2 is 2.40 bits per heavy atom. The van der Waals surface area contributed by atoms with Crippen LogP contribution in [0.2, 0.25) is 0 Å². The van der Waals surface area contributed by atoms with Crippen LogP contribution in [0.5, 0.6) is 0 Å². The lowest BCUT2D eigenvalue weighted by Crippen LogP contribution is -2.13. The number of aromatic amines is 1. The molecular weight excluding hydrogens is 208 g/mol. The van der Waals surface area contributed by atoms with Crippen molar-refractivity contribution in [2.45, 2.75) is 26.4 Å². The summed E-state index contributed by atoms with van der Waals surface area (Å²) < 4.78 is 0. The molecule has 5 heteroatoms. The minimum Gasteiger partial charge on any atom is -0.347 e. The molecule has 2 N–H and O–H groups in total. The standard InChI is InChI=1S/C10H14N4S/c1-2-10-14-9(6-15-10)5-11-3-8-4-12-7-13-8/h4,6-7,11H,2-3,5H2,1H3,(H,12,13). The van der Waals surface area contributed by atoms with E-state index in [1.165, 1.54) is 5.01 Å². The molecule has 4 nitrogen and oxygen atoms in total. The third-order valence-corrected chi connectivity index (χ3v) is 3.12. The summed E-state index contributed by atoms with van der Waals surface area (Å²) in [5.74, 6) is 0. The predicted molar refractivity (Wildman–Crippen MR) is 60.6 cm³/mol. The number of aromatic nitrogens is 3. The quantitative estimate of drug-likeness (QED) is 0.810. The van der Waals surface area contributed by atoms with Gasteiger partial charge in [0.25, 0.3) is 0 Å². The highest BCUT2D eigenvalue weighted by molar-refractivity contribution is 7.09. The van der Waals surface area contributed by atoms with Crippen molar-refractivity contribution in [2.24, 2.45) is 0 Å². The molecule has 0 fully saturated rings. The van der Waals surface area contributed by atoms with Gasteiger partial charge in [0.2, 0.25) is 0 Å². The van der Waals surface area contributed by atoms with Gasteiger partial charge in [0.05, 0.1) is 17.0 Å². The molecule has 0 amide bonds. The van der Waals surface area contributed by atoms with E-state index in [0.29, 0.717) is 0 Å². The summed E-state index contributed by atoms with van der Waals surface area (Å²) in [6, 6.07) is 0. The highest BCUT2D eigenvalue weighted by Gasteiger charge is 1.99. The lowest BCUT2D eigenvalue weighted by atomic mass is 10.4. The van der Waals surface area contributed by atoms with E-state index in [-0.39, 0.29) is 0 Å². The fourth-order valence-corrected chi connectivity index (χ4v) is 2.04. The summed E-state index contributed by atoms with van der Waals surface area (Å²) in [7, 11) is 0. The Hall–Kier alpha value is -1.20. The number of nitrogens with one attached hydrogen (secondary N) is 2.